The van der Waals surface area contributed by atoms with Crippen molar-refractivity contribution < 1.29 is 33.6 Å². The second-order valence-electron chi connectivity index (χ2n) is 10.1. The molecule has 1 aromatic carbocycles. The number of rotatable bonds is 10. The number of ether oxygens (including phenoxy) is 4. The highest BCUT2D eigenvalue weighted by Gasteiger charge is 2.52. The van der Waals surface area contributed by atoms with Crippen LogP contribution in [0, 0.1) is 5.92 Å². The third kappa shape index (κ3) is 7.73. The lowest BCUT2D eigenvalue weighted by Gasteiger charge is -2.52. The molecule has 0 aliphatic carbocycles. The van der Waals surface area contributed by atoms with Gasteiger partial charge in [-0.25, -0.2) is 0 Å². The van der Waals surface area contributed by atoms with Crippen LogP contribution in [-0.2, 0) is 35.1 Å². The van der Waals surface area contributed by atoms with Crippen molar-refractivity contribution in [2.75, 3.05) is 6.61 Å². The minimum atomic E-state index is -1.08. The molecule has 0 saturated carbocycles. The van der Waals surface area contributed by atoms with E-state index in [1.807, 2.05) is 30.3 Å². The summed E-state index contributed by atoms with van der Waals surface area (Å²) in [6, 6.07) is 9.95. The summed E-state index contributed by atoms with van der Waals surface area (Å²) in [5.74, 6) is -1.73. The zero-order valence-corrected chi connectivity index (χ0v) is 20.5. The van der Waals surface area contributed by atoms with Gasteiger partial charge in [-0.1, -0.05) is 49.4 Å². The molecule has 2 heterocycles. The lowest BCUT2D eigenvalue weighted by atomic mass is 9.80. The zero-order chi connectivity index (χ0) is 24.8. The van der Waals surface area contributed by atoms with Crippen molar-refractivity contribution in [2.45, 2.75) is 95.6 Å². The molecule has 0 bridgehead atoms. The Morgan fingerprint density at radius 3 is 2.65 bits per heavy atom. The molecule has 1 aromatic rings. The fraction of sp³-hybridized carbons (Fsp3) is 0.630. The van der Waals surface area contributed by atoms with E-state index in [1.54, 1.807) is 13.8 Å². The van der Waals surface area contributed by atoms with Gasteiger partial charge in [-0.15, -0.1) is 0 Å². The number of benzene rings is 1. The maximum absolute atomic E-state index is 11.7. The van der Waals surface area contributed by atoms with Gasteiger partial charge in [-0.05, 0) is 25.3 Å². The summed E-state index contributed by atoms with van der Waals surface area (Å²) in [6.07, 6.45) is 2.50. The monoisotopic (exact) mass is 474 g/mol. The lowest BCUT2D eigenvalue weighted by molar-refractivity contribution is -0.350. The van der Waals surface area contributed by atoms with E-state index in [9.17, 15) is 14.7 Å². The summed E-state index contributed by atoms with van der Waals surface area (Å²) in [7, 11) is 0. The van der Waals surface area contributed by atoms with Crippen molar-refractivity contribution in [3.63, 3.8) is 0 Å². The maximum Gasteiger partial charge on any atom is 0.302 e. The molecule has 2 aliphatic heterocycles. The van der Waals surface area contributed by atoms with E-state index < -0.39 is 11.4 Å². The molecule has 34 heavy (non-hydrogen) atoms. The van der Waals surface area contributed by atoms with Crippen LogP contribution in [0.3, 0.4) is 0 Å². The molecule has 1 spiro atoms. The topological polar surface area (TPSA) is 91.3 Å². The standard InChI is InChI=1S/C27H38O7/c1-19(20(2)16-28)12-25-14-26(4,30)18-27(34-25)15-24(32-21(3)29)13-23(33-27)10-11-31-17-22-8-6-5-7-9-22/h5-9,16,20,23-25,30H,1,10-15,17-18H2,2-4H3/t20-,23-,24-,25-,26-,27+/m0/s1. The van der Waals surface area contributed by atoms with Gasteiger partial charge in [0.1, 0.15) is 12.4 Å². The molecule has 0 radical (unpaired) electrons. The van der Waals surface area contributed by atoms with Crippen LogP contribution in [0.1, 0.15) is 64.9 Å². The molecule has 1 N–H and O–H groups in total. The predicted molar refractivity (Wildman–Crippen MR) is 127 cm³/mol. The smallest absolute Gasteiger partial charge is 0.302 e. The molecule has 3 rings (SSSR count). The third-order valence-electron chi connectivity index (χ3n) is 6.51. The summed E-state index contributed by atoms with van der Waals surface area (Å²) in [5, 5.41) is 11.1. The average Bonchev–Trinajstić information content (AvgIpc) is 2.74. The minimum absolute atomic E-state index is 0.250. The van der Waals surface area contributed by atoms with Crippen LogP contribution >= 0.6 is 0 Å². The molecular weight excluding hydrogens is 436 g/mol. The van der Waals surface area contributed by atoms with Crippen LogP contribution in [0.15, 0.2) is 42.5 Å². The van der Waals surface area contributed by atoms with Crippen molar-refractivity contribution in [1.82, 2.24) is 0 Å². The minimum Gasteiger partial charge on any atom is -0.462 e. The van der Waals surface area contributed by atoms with E-state index in [4.69, 9.17) is 18.9 Å². The van der Waals surface area contributed by atoms with Crippen LogP contribution in [0.4, 0.5) is 0 Å². The third-order valence-corrected chi connectivity index (χ3v) is 6.51. The zero-order valence-electron chi connectivity index (χ0n) is 20.5. The number of hydrogen-bond donors (Lipinski definition) is 1. The molecule has 2 aliphatic rings. The Morgan fingerprint density at radius 2 is 1.97 bits per heavy atom. The van der Waals surface area contributed by atoms with Crippen LogP contribution in [0.25, 0.3) is 0 Å². The summed E-state index contributed by atoms with van der Waals surface area (Å²) < 4.78 is 24.3. The van der Waals surface area contributed by atoms with Gasteiger partial charge in [0.05, 0.1) is 24.4 Å². The quantitative estimate of drug-likeness (QED) is 0.236. The Labute approximate surface area is 202 Å². The number of esters is 1. The van der Waals surface area contributed by atoms with E-state index in [2.05, 4.69) is 6.58 Å². The van der Waals surface area contributed by atoms with Gasteiger partial charge in [-0.3, -0.25) is 4.79 Å². The fourth-order valence-corrected chi connectivity index (χ4v) is 5.01. The largest absolute Gasteiger partial charge is 0.462 e. The highest BCUT2D eigenvalue weighted by molar-refractivity contribution is 5.66. The van der Waals surface area contributed by atoms with Gasteiger partial charge in [0.15, 0.2) is 5.79 Å². The van der Waals surface area contributed by atoms with Crippen LogP contribution in [-0.4, -0.2) is 53.7 Å². The van der Waals surface area contributed by atoms with Crippen LogP contribution in [0.2, 0.25) is 0 Å². The van der Waals surface area contributed by atoms with E-state index in [0.29, 0.717) is 45.3 Å². The van der Waals surface area contributed by atoms with Crippen LogP contribution < -0.4 is 0 Å². The van der Waals surface area contributed by atoms with E-state index in [0.717, 1.165) is 17.4 Å². The van der Waals surface area contributed by atoms with Gasteiger partial charge in [-0.2, -0.15) is 0 Å². The number of aliphatic hydroxyl groups is 1. The van der Waals surface area contributed by atoms with E-state index in [1.165, 1.54) is 6.92 Å². The molecule has 7 nitrogen and oxygen atoms in total. The van der Waals surface area contributed by atoms with Gasteiger partial charge in [0.2, 0.25) is 0 Å². The van der Waals surface area contributed by atoms with E-state index >= 15 is 0 Å². The second kappa shape index (κ2) is 11.6. The number of carbonyl (C=O) groups is 2. The summed E-state index contributed by atoms with van der Waals surface area (Å²) >= 11 is 0. The highest BCUT2D eigenvalue weighted by atomic mass is 16.7. The van der Waals surface area contributed by atoms with Crippen molar-refractivity contribution >= 4 is 12.3 Å². The molecule has 6 atom stereocenters. The first-order valence-corrected chi connectivity index (χ1v) is 12.1. The average molecular weight is 475 g/mol. The predicted octanol–water partition coefficient (Wildman–Crippen LogP) is 4.11. The second-order valence-corrected chi connectivity index (χ2v) is 10.1. The highest BCUT2D eigenvalue weighted by Crippen LogP contribution is 2.45. The Balaban J connectivity index is 1.68. The Bertz CT molecular complexity index is 837. The Kier molecular flexibility index (Phi) is 9.04. The first kappa shape index (κ1) is 26.5. The number of hydrogen-bond acceptors (Lipinski definition) is 7. The van der Waals surface area contributed by atoms with Gasteiger partial charge >= 0.3 is 5.97 Å². The molecule has 0 amide bonds. The molecule has 0 unspecified atom stereocenters. The molecule has 2 fully saturated rings. The lowest BCUT2D eigenvalue weighted by Crippen LogP contribution is -2.58. The van der Waals surface area contributed by atoms with E-state index in [-0.39, 0.29) is 36.6 Å². The van der Waals surface area contributed by atoms with Crippen molar-refractivity contribution in [3.05, 3.63) is 48.0 Å². The summed E-state index contributed by atoms with van der Waals surface area (Å²) in [5.41, 5.74) is 0.826. The first-order chi connectivity index (χ1) is 16.1. The maximum atomic E-state index is 11.7. The number of carbonyl (C=O) groups excluding carboxylic acids is 2. The SMILES string of the molecule is C=C(C[C@H]1C[C@](C)(O)C[C@@]2(C[C@@H](OC(C)=O)C[C@H](CCOCc3ccccc3)O2)O1)[C@@H](C)C=O. The Hall–Kier alpha value is -2.06. The summed E-state index contributed by atoms with van der Waals surface area (Å²) in [4.78, 5) is 22.9. The molecule has 2 saturated heterocycles. The van der Waals surface area contributed by atoms with Crippen molar-refractivity contribution in [3.8, 4) is 0 Å². The molecule has 7 heteroatoms. The van der Waals surface area contributed by atoms with Gasteiger partial charge in [0.25, 0.3) is 0 Å². The normalized spacial score (nSPS) is 32.2. The van der Waals surface area contributed by atoms with Crippen molar-refractivity contribution in [1.29, 1.82) is 0 Å². The fourth-order valence-electron chi connectivity index (χ4n) is 5.01. The Morgan fingerprint density at radius 1 is 1.26 bits per heavy atom. The van der Waals surface area contributed by atoms with Crippen molar-refractivity contribution in [2.24, 2.45) is 5.92 Å². The first-order valence-electron chi connectivity index (χ1n) is 12.1. The van der Waals surface area contributed by atoms with Gasteiger partial charge < -0.3 is 28.8 Å². The van der Waals surface area contributed by atoms with Crippen LogP contribution in [0.5, 0.6) is 0 Å². The molecular formula is C27H38O7. The number of aldehydes is 1. The molecule has 0 aromatic heterocycles. The summed E-state index contributed by atoms with van der Waals surface area (Å²) in [6.45, 7) is 9.98. The molecule has 188 valence electrons. The van der Waals surface area contributed by atoms with Gasteiger partial charge in [0, 0.05) is 45.1 Å².